The van der Waals surface area contributed by atoms with Crippen LogP contribution in [0.4, 0.5) is 11.4 Å². The molecule has 0 aliphatic carbocycles. The number of anilines is 2. The molecule has 0 saturated carbocycles. The smallest absolute Gasteiger partial charge is 0.277 e. The van der Waals surface area contributed by atoms with Gasteiger partial charge < -0.3 is 20.3 Å². The van der Waals surface area contributed by atoms with Crippen LogP contribution >= 0.6 is 0 Å². The molecule has 180 valence electrons. The number of fused-ring (bicyclic) bond motifs is 1. The van der Waals surface area contributed by atoms with Gasteiger partial charge in [0.25, 0.3) is 11.8 Å². The SMILES string of the molecule is CCOc1ccc(-n2nc(C(N)=O)c3c2C(=O)N(c2ccc(N4CCCCC4=O)cc2)CC3)cc1. The molecule has 0 spiro atoms. The number of hydrogen-bond acceptors (Lipinski definition) is 5. The van der Waals surface area contributed by atoms with Crippen molar-refractivity contribution in [2.75, 3.05) is 29.5 Å². The van der Waals surface area contributed by atoms with Crippen molar-refractivity contribution in [2.24, 2.45) is 5.73 Å². The molecule has 3 amide bonds. The Kier molecular flexibility index (Phi) is 5.98. The van der Waals surface area contributed by atoms with Gasteiger partial charge in [-0.25, -0.2) is 4.68 Å². The summed E-state index contributed by atoms with van der Waals surface area (Å²) in [5, 5.41) is 4.41. The highest BCUT2D eigenvalue weighted by Gasteiger charge is 2.34. The maximum Gasteiger partial charge on any atom is 0.277 e. The van der Waals surface area contributed by atoms with Crippen molar-refractivity contribution in [3.05, 3.63) is 65.5 Å². The quantitative estimate of drug-likeness (QED) is 0.592. The van der Waals surface area contributed by atoms with Gasteiger partial charge in [-0.15, -0.1) is 0 Å². The van der Waals surface area contributed by atoms with E-state index >= 15 is 0 Å². The van der Waals surface area contributed by atoms with Crippen LogP contribution in [0, 0.1) is 0 Å². The fourth-order valence-electron chi connectivity index (χ4n) is 4.73. The van der Waals surface area contributed by atoms with Gasteiger partial charge in [0.2, 0.25) is 5.91 Å². The Bertz CT molecular complexity index is 1280. The molecular weight excluding hydrogens is 446 g/mol. The van der Waals surface area contributed by atoms with E-state index in [1.807, 2.05) is 31.2 Å². The summed E-state index contributed by atoms with van der Waals surface area (Å²) in [6.45, 7) is 3.55. The van der Waals surface area contributed by atoms with Gasteiger partial charge in [-0.3, -0.25) is 14.4 Å². The third-order valence-electron chi connectivity index (χ3n) is 6.44. The van der Waals surface area contributed by atoms with Crippen LogP contribution in [0.25, 0.3) is 5.69 Å². The van der Waals surface area contributed by atoms with Gasteiger partial charge in [0.15, 0.2) is 5.69 Å². The first kappa shape index (κ1) is 22.6. The molecule has 5 rings (SSSR count). The van der Waals surface area contributed by atoms with E-state index in [1.165, 1.54) is 4.68 Å². The lowest BCUT2D eigenvalue weighted by Gasteiger charge is -2.29. The number of ether oxygens (including phenoxy) is 1. The van der Waals surface area contributed by atoms with Crippen molar-refractivity contribution in [3.8, 4) is 11.4 Å². The summed E-state index contributed by atoms with van der Waals surface area (Å²) in [7, 11) is 0. The number of benzene rings is 2. The fourth-order valence-corrected chi connectivity index (χ4v) is 4.73. The first-order chi connectivity index (χ1) is 17.0. The summed E-state index contributed by atoms with van der Waals surface area (Å²) < 4.78 is 6.99. The van der Waals surface area contributed by atoms with E-state index in [4.69, 9.17) is 10.5 Å². The fraction of sp³-hybridized carbons (Fsp3) is 0.308. The molecule has 0 radical (unpaired) electrons. The topological polar surface area (TPSA) is 111 Å². The van der Waals surface area contributed by atoms with Gasteiger partial charge in [-0.05, 0) is 74.7 Å². The maximum absolute atomic E-state index is 13.7. The number of aromatic nitrogens is 2. The van der Waals surface area contributed by atoms with Crippen molar-refractivity contribution >= 4 is 29.1 Å². The Morgan fingerprint density at radius 3 is 2.20 bits per heavy atom. The van der Waals surface area contributed by atoms with Gasteiger partial charge in [0.1, 0.15) is 11.4 Å². The molecule has 0 unspecified atom stereocenters. The Morgan fingerprint density at radius 1 is 0.914 bits per heavy atom. The Labute approximate surface area is 203 Å². The minimum Gasteiger partial charge on any atom is -0.494 e. The molecule has 1 aromatic heterocycles. The van der Waals surface area contributed by atoms with Gasteiger partial charge >= 0.3 is 0 Å². The number of rotatable bonds is 6. The largest absolute Gasteiger partial charge is 0.494 e. The van der Waals surface area contributed by atoms with Crippen LogP contribution in [0.1, 0.15) is 52.7 Å². The Balaban J connectivity index is 1.48. The second kappa shape index (κ2) is 9.25. The van der Waals surface area contributed by atoms with Crippen molar-refractivity contribution < 1.29 is 19.1 Å². The molecule has 2 aliphatic heterocycles. The lowest BCUT2D eigenvalue weighted by Crippen LogP contribution is -2.39. The predicted octanol–water partition coefficient (Wildman–Crippen LogP) is 3.09. The van der Waals surface area contributed by atoms with Crippen LogP contribution in [-0.2, 0) is 11.2 Å². The first-order valence-corrected chi connectivity index (χ1v) is 11.8. The molecule has 1 saturated heterocycles. The molecule has 0 bridgehead atoms. The highest BCUT2D eigenvalue weighted by molar-refractivity contribution is 6.09. The number of carbonyl (C=O) groups is 3. The van der Waals surface area contributed by atoms with Crippen LogP contribution in [-0.4, -0.2) is 47.2 Å². The number of carbonyl (C=O) groups excluding carboxylic acids is 3. The highest BCUT2D eigenvalue weighted by Crippen LogP contribution is 2.31. The number of amides is 3. The number of piperidine rings is 1. The second-order valence-corrected chi connectivity index (χ2v) is 8.60. The Morgan fingerprint density at radius 2 is 1.57 bits per heavy atom. The van der Waals surface area contributed by atoms with Gasteiger partial charge in [-0.2, -0.15) is 5.10 Å². The standard InChI is InChI=1S/C26H27N5O4/c1-2-35-20-12-10-19(11-13-20)31-24-21(23(28-31)25(27)33)14-16-30(26(24)34)18-8-6-17(7-9-18)29-15-4-3-5-22(29)32/h6-13H,2-5,14-16H2,1H3,(H2,27,33). The summed E-state index contributed by atoms with van der Waals surface area (Å²) in [4.78, 5) is 41.5. The lowest BCUT2D eigenvalue weighted by molar-refractivity contribution is -0.119. The minimum absolute atomic E-state index is 0.112. The summed E-state index contributed by atoms with van der Waals surface area (Å²) >= 11 is 0. The van der Waals surface area contributed by atoms with Gasteiger partial charge in [0.05, 0.1) is 12.3 Å². The van der Waals surface area contributed by atoms with Crippen LogP contribution in [0.2, 0.25) is 0 Å². The van der Waals surface area contributed by atoms with Crippen LogP contribution in [0.5, 0.6) is 5.75 Å². The molecule has 9 heteroatoms. The third-order valence-corrected chi connectivity index (χ3v) is 6.44. The molecule has 1 fully saturated rings. The number of primary amides is 1. The molecular formula is C26H27N5O4. The molecule has 2 N–H and O–H groups in total. The zero-order valence-corrected chi connectivity index (χ0v) is 19.6. The molecule has 35 heavy (non-hydrogen) atoms. The lowest BCUT2D eigenvalue weighted by atomic mass is 10.0. The maximum atomic E-state index is 13.7. The predicted molar refractivity (Wildman–Crippen MR) is 131 cm³/mol. The van der Waals surface area contributed by atoms with Crippen LogP contribution in [0.3, 0.4) is 0 Å². The molecule has 3 heterocycles. The summed E-state index contributed by atoms with van der Waals surface area (Å²) in [5.41, 5.74) is 8.76. The zero-order valence-electron chi connectivity index (χ0n) is 19.6. The average Bonchev–Trinajstić information content (AvgIpc) is 3.27. The summed E-state index contributed by atoms with van der Waals surface area (Å²) in [5.74, 6) is -0.0989. The summed E-state index contributed by atoms with van der Waals surface area (Å²) in [6, 6.07) is 14.6. The van der Waals surface area contributed by atoms with E-state index in [9.17, 15) is 14.4 Å². The van der Waals surface area contributed by atoms with Crippen LogP contribution in [0.15, 0.2) is 48.5 Å². The summed E-state index contributed by atoms with van der Waals surface area (Å²) in [6.07, 6.45) is 2.92. The highest BCUT2D eigenvalue weighted by atomic mass is 16.5. The van der Waals surface area contributed by atoms with E-state index < -0.39 is 5.91 Å². The molecule has 0 atom stereocenters. The zero-order chi connectivity index (χ0) is 24.5. The van der Waals surface area contributed by atoms with E-state index in [1.54, 1.807) is 34.1 Å². The average molecular weight is 474 g/mol. The van der Waals surface area contributed by atoms with E-state index in [0.717, 1.165) is 18.5 Å². The molecule has 3 aromatic rings. The monoisotopic (exact) mass is 473 g/mol. The van der Waals surface area contributed by atoms with Crippen molar-refractivity contribution in [3.63, 3.8) is 0 Å². The normalized spacial score (nSPS) is 15.8. The van der Waals surface area contributed by atoms with Crippen LogP contribution < -0.4 is 20.3 Å². The third kappa shape index (κ3) is 4.14. The molecule has 9 nitrogen and oxygen atoms in total. The number of nitrogens with zero attached hydrogens (tertiary/aromatic N) is 4. The van der Waals surface area contributed by atoms with E-state index in [0.29, 0.717) is 60.9 Å². The first-order valence-electron chi connectivity index (χ1n) is 11.8. The minimum atomic E-state index is -0.664. The van der Waals surface area contributed by atoms with Gasteiger partial charge in [0, 0.05) is 36.4 Å². The number of nitrogens with two attached hydrogens (primary N) is 1. The Hall–Kier alpha value is -4.14. The van der Waals surface area contributed by atoms with E-state index in [-0.39, 0.29) is 17.5 Å². The van der Waals surface area contributed by atoms with Crippen molar-refractivity contribution in [2.45, 2.75) is 32.6 Å². The second-order valence-electron chi connectivity index (χ2n) is 8.60. The number of hydrogen-bond donors (Lipinski definition) is 1. The molecule has 2 aliphatic rings. The van der Waals surface area contributed by atoms with Crippen molar-refractivity contribution in [1.29, 1.82) is 0 Å². The van der Waals surface area contributed by atoms with Gasteiger partial charge in [-0.1, -0.05) is 0 Å². The molecule has 2 aromatic carbocycles. The van der Waals surface area contributed by atoms with Crippen molar-refractivity contribution in [1.82, 2.24) is 9.78 Å². The van der Waals surface area contributed by atoms with E-state index in [2.05, 4.69) is 5.10 Å².